The van der Waals surface area contributed by atoms with Gasteiger partial charge in [-0.3, -0.25) is 4.90 Å². The lowest BCUT2D eigenvalue weighted by Crippen LogP contribution is -2.44. The summed E-state index contributed by atoms with van der Waals surface area (Å²) in [5, 5.41) is 0. The van der Waals surface area contributed by atoms with Crippen LogP contribution < -0.4 is 9.47 Å². The Bertz CT molecular complexity index is 898. The third-order valence-corrected chi connectivity index (χ3v) is 6.90. The molecule has 3 aliphatic heterocycles. The molecule has 1 unspecified atom stereocenters. The highest BCUT2D eigenvalue weighted by Crippen LogP contribution is 2.31. The number of rotatable bonds is 7. The summed E-state index contributed by atoms with van der Waals surface area (Å²) in [5.74, 6) is 2.34. The van der Waals surface area contributed by atoms with Gasteiger partial charge in [-0.15, -0.1) is 0 Å². The van der Waals surface area contributed by atoms with Crippen LogP contribution in [0.2, 0.25) is 0 Å². The van der Waals surface area contributed by atoms with Gasteiger partial charge in [0.25, 0.3) is 0 Å². The molecule has 2 saturated heterocycles. The third-order valence-electron chi connectivity index (χ3n) is 6.90. The second kappa shape index (κ2) is 9.82. The maximum Gasteiger partial charge on any atom is 0.410 e. The van der Waals surface area contributed by atoms with Gasteiger partial charge in [0, 0.05) is 13.1 Å². The van der Waals surface area contributed by atoms with Crippen molar-refractivity contribution in [3.05, 3.63) is 60.2 Å². The average molecular weight is 437 g/mol. The van der Waals surface area contributed by atoms with Gasteiger partial charge in [0.05, 0.1) is 6.04 Å². The Kier molecular flexibility index (Phi) is 6.49. The molecule has 6 nitrogen and oxygen atoms in total. The number of hydrogen-bond donors (Lipinski definition) is 0. The Hall–Kier alpha value is -2.73. The van der Waals surface area contributed by atoms with Crippen LogP contribution in [0.3, 0.4) is 0 Å². The fraction of sp³-hybridized carbons (Fsp3) is 0.500. The summed E-state index contributed by atoms with van der Waals surface area (Å²) in [6.07, 6.45) is 4.16. The smallest absolute Gasteiger partial charge is 0.410 e. The molecule has 0 aromatic heterocycles. The number of para-hydroxylation sites is 2. The number of amides is 1. The highest BCUT2D eigenvalue weighted by molar-refractivity contribution is 5.70. The Morgan fingerprint density at radius 1 is 0.875 bits per heavy atom. The number of piperidine rings is 1. The number of cyclic esters (lactones) is 1. The molecule has 5 rings (SSSR count). The van der Waals surface area contributed by atoms with E-state index >= 15 is 0 Å². The van der Waals surface area contributed by atoms with Gasteiger partial charge in [-0.05, 0) is 62.4 Å². The summed E-state index contributed by atoms with van der Waals surface area (Å²) in [7, 11) is 0. The van der Waals surface area contributed by atoms with Crippen molar-refractivity contribution in [3.63, 3.8) is 0 Å². The topological polar surface area (TPSA) is 51.2 Å². The predicted octanol–water partition coefficient (Wildman–Crippen LogP) is 3.99. The van der Waals surface area contributed by atoms with Crippen molar-refractivity contribution in [2.24, 2.45) is 5.92 Å². The van der Waals surface area contributed by atoms with Crippen molar-refractivity contribution in [1.82, 2.24) is 9.80 Å². The van der Waals surface area contributed by atoms with Crippen LogP contribution in [0.5, 0.6) is 11.5 Å². The lowest BCUT2D eigenvalue weighted by Gasteiger charge is -2.36. The Balaban J connectivity index is 1.06. The van der Waals surface area contributed by atoms with Gasteiger partial charge in [0.2, 0.25) is 0 Å². The first-order valence-corrected chi connectivity index (χ1v) is 11.8. The molecule has 2 aromatic rings. The van der Waals surface area contributed by atoms with E-state index in [1.165, 1.54) is 5.56 Å². The fourth-order valence-electron chi connectivity index (χ4n) is 5.04. The van der Waals surface area contributed by atoms with Gasteiger partial charge in [0.1, 0.15) is 19.3 Å². The monoisotopic (exact) mass is 436 g/mol. The van der Waals surface area contributed by atoms with Crippen LogP contribution in [-0.2, 0) is 11.2 Å². The zero-order valence-electron chi connectivity index (χ0n) is 18.5. The molecule has 0 radical (unpaired) electrons. The molecule has 0 aliphatic carbocycles. The fourth-order valence-corrected chi connectivity index (χ4v) is 5.04. The number of likely N-dealkylation sites (tertiary alicyclic amines) is 1. The highest BCUT2D eigenvalue weighted by atomic mass is 16.6. The third kappa shape index (κ3) is 5.01. The van der Waals surface area contributed by atoms with Crippen LogP contribution in [0.25, 0.3) is 0 Å². The average Bonchev–Trinajstić information content (AvgIpc) is 3.18. The van der Waals surface area contributed by atoms with Crippen LogP contribution in [0.15, 0.2) is 54.6 Å². The van der Waals surface area contributed by atoms with Crippen LogP contribution in [0, 0.1) is 5.92 Å². The summed E-state index contributed by atoms with van der Waals surface area (Å²) in [5.41, 5.74) is 1.26. The van der Waals surface area contributed by atoms with Gasteiger partial charge in [-0.2, -0.15) is 0 Å². The number of carbonyl (C=O) groups excluding carboxylic acids is 1. The SMILES string of the molecule is O=C1OC[C@H](Cc2ccccc2)N1CCC1CCN(CC2COc3ccccc3O2)CC1. The van der Waals surface area contributed by atoms with E-state index in [1.54, 1.807) is 0 Å². The predicted molar refractivity (Wildman–Crippen MR) is 122 cm³/mol. The molecule has 0 spiro atoms. The molecule has 2 aromatic carbocycles. The summed E-state index contributed by atoms with van der Waals surface area (Å²) in [4.78, 5) is 16.7. The van der Waals surface area contributed by atoms with Gasteiger partial charge in [-0.1, -0.05) is 42.5 Å². The van der Waals surface area contributed by atoms with Crippen LogP contribution in [-0.4, -0.2) is 67.4 Å². The molecule has 3 aliphatic rings. The first-order valence-electron chi connectivity index (χ1n) is 11.8. The van der Waals surface area contributed by atoms with Gasteiger partial charge < -0.3 is 19.1 Å². The molecule has 2 fully saturated rings. The van der Waals surface area contributed by atoms with Crippen molar-refractivity contribution in [3.8, 4) is 11.5 Å². The molecular formula is C26H32N2O4. The van der Waals surface area contributed by atoms with Crippen LogP contribution >= 0.6 is 0 Å². The molecule has 6 heteroatoms. The quantitative estimate of drug-likeness (QED) is 0.657. The number of fused-ring (bicyclic) bond motifs is 1. The summed E-state index contributed by atoms with van der Waals surface area (Å²) >= 11 is 0. The minimum absolute atomic E-state index is 0.0829. The van der Waals surface area contributed by atoms with Gasteiger partial charge >= 0.3 is 6.09 Å². The zero-order chi connectivity index (χ0) is 21.8. The number of ether oxygens (including phenoxy) is 3. The Morgan fingerprint density at radius 2 is 1.62 bits per heavy atom. The maximum atomic E-state index is 12.3. The first kappa shape index (κ1) is 21.1. The lowest BCUT2D eigenvalue weighted by molar-refractivity contribution is 0.0466. The highest BCUT2D eigenvalue weighted by Gasteiger charge is 2.33. The van der Waals surface area contributed by atoms with E-state index in [1.807, 2.05) is 47.4 Å². The van der Waals surface area contributed by atoms with Crippen molar-refractivity contribution in [2.75, 3.05) is 39.4 Å². The van der Waals surface area contributed by atoms with Crippen molar-refractivity contribution < 1.29 is 19.0 Å². The molecular weight excluding hydrogens is 404 g/mol. The summed E-state index contributed by atoms with van der Waals surface area (Å²) < 4.78 is 17.4. The minimum Gasteiger partial charge on any atom is -0.486 e. The second-order valence-electron chi connectivity index (χ2n) is 9.14. The molecule has 3 heterocycles. The van der Waals surface area contributed by atoms with E-state index in [9.17, 15) is 4.79 Å². The van der Waals surface area contributed by atoms with Crippen molar-refractivity contribution in [2.45, 2.75) is 37.8 Å². The summed E-state index contributed by atoms with van der Waals surface area (Å²) in [6.45, 7) is 4.94. The van der Waals surface area contributed by atoms with Gasteiger partial charge in [0.15, 0.2) is 11.5 Å². The standard InChI is InChI=1S/C26H32N2O4/c29-26-28(22(18-31-26)16-21-6-2-1-3-7-21)15-12-20-10-13-27(14-11-20)17-23-19-30-24-8-4-5-9-25(24)32-23/h1-9,20,22-23H,10-19H2/t22-,23?/m0/s1. The zero-order valence-corrected chi connectivity index (χ0v) is 18.5. The maximum absolute atomic E-state index is 12.3. The van der Waals surface area contributed by atoms with E-state index in [2.05, 4.69) is 17.0 Å². The van der Waals surface area contributed by atoms with E-state index in [0.717, 1.165) is 63.4 Å². The molecule has 0 bridgehead atoms. The number of hydrogen-bond acceptors (Lipinski definition) is 5. The Labute approximate surface area is 190 Å². The van der Waals surface area contributed by atoms with E-state index in [0.29, 0.717) is 19.1 Å². The molecule has 0 N–H and O–H groups in total. The molecule has 0 saturated carbocycles. The molecule has 2 atom stereocenters. The first-order chi connectivity index (χ1) is 15.7. The van der Waals surface area contributed by atoms with Crippen molar-refractivity contribution in [1.29, 1.82) is 0 Å². The van der Waals surface area contributed by atoms with Gasteiger partial charge in [-0.25, -0.2) is 4.79 Å². The minimum atomic E-state index is -0.155. The number of benzene rings is 2. The largest absolute Gasteiger partial charge is 0.486 e. The normalized spacial score (nSPS) is 23.9. The van der Waals surface area contributed by atoms with Crippen LogP contribution in [0.4, 0.5) is 4.79 Å². The van der Waals surface area contributed by atoms with E-state index in [4.69, 9.17) is 14.2 Å². The molecule has 170 valence electrons. The molecule has 1 amide bonds. The second-order valence-corrected chi connectivity index (χ2v) is 9.14. The summed E-state index contributed by atoms with van der Waals surface area (Å²) in [6, 6.07) is 18.4. The number of carbonyl (C=O) groups is 1. The molecule has 32 heavy (non-hydrogen) atoms. The van der Waals surface area contributed by atoms with Crippen LogP contribution in [0.1, 0.15) is 24.8 Å². The van der Waals surface area contributed by atoms with E-state index in [-0.39, 0.29) is 18.2 Å². The Morgan fingerprint density at radius 3 is 2.44 bits per heavy atom. The van der Waals surface area contributed by atoms with Crippen molar-refractivity contribution >= 4 is 6.09 Å². The number of nitrogens with zero attached hydrogens (tertiary/aromatic N) is 2. The van der Waals surface area contributed by atoms with E-state index < -0.39 is 0 Å². The lowest BCUT2D eigenvalue weighted by atomic mass is 9.93.